The number of hydrogen-bond donors (Lipinski definition) is 2. The van der Waals surface area contributed by atoms with Crippen LogP contribution in [0, 0.1) is 0 Å². The number of carbonyl (C=O) groups is 2. The van der Waals surface area contributed by atoms with Crippen LogP contribution in [0.15, 0.2) is 67.3 Å². The number of piperidine rings is 1. The van der Waals surface area contributed by atoms with Crippen LogP contribution in [-0.2, 0) is 14.9 Å². The van der Waals surface area contributed by atoms with Crippen LogP contribution in [-0.4, -0.2) is 53.2 Å². The molecule has 0 bridgehead atoms. The lowest BCUT2D eigenvalue weighted by Gasteiger charge is -2.59. The number of fused-ring (bicyclic) bond motifs is 1. The Bertz CT molecular complexity index is 1020. The average Bonchev–Trinajstić information content (AvgIpc) is 2.79. The minimum absolute atomic E-state index is 0.0744. The average molecular weight is 449 g/mol. The van der Waals surface area contributed by atoms with Gasteiger partial charge in [0.1, 0.15) is 11.4 Å². The zero-order valence-corrected chi connectivity index (χ0v) is 19.1. The highest BCUT2D eigenvalue weighted by molar-refractivity contribution is 5.94. The molecule has 2 aromatic carbocycles. The Morgan fingerprint density at radius 1 is 1.21 bits per heavy atom. The largest absolute Gasteiger partial charge is 0.508 e. The molecule has 0 radical (unpaired) electrons. The van der Waals surface area contributed by atoms with Gasteiger partial charge in [0.2, 0.25) is 0 Å². The smallest absolute Gasteiger partial charge is 0.303 e. The number of nitrogens with one attached hydrogen (secondary N) is 1. The van der Waals surface area contributed by atoms with E-state index in [2.05, 4.69) is 16.8 Å². The van der Waals surface area contributed by atoms with Crippen LogP contribution < -0.4 is 5.32 Å². The maximum absolute atomic E-state index is 12.9. The summed E-state index contributed by atoms with van der Waals surface area (Å²) in [6, 6.07) is 16.4. The van der Waals surface area contributed by atoms with Crippen LogP contribution in [0.25, 0.3) is 0 Å². The molecule has 1 heterocycles. The third-order valence-electron chi connectivity index (χ3n) is 7.19. The molecule has 6 nitrogen and oxygen atoms in total. The van der Waals surface area contributed by atoms with E-state index in [0.717, 1.165) is 18.5 Å². The van der Waals surface area contributed by atoms with Crippen LogP contribution in [0.5, 0.6) is 5.75 Å². The Morgan fingerprint density at radius 2 is 2.00 bits per heavy atom. The molecule has 3 atom stereocenters. The van der Waals surface area contributed by atoms with E-state index in [0.29, 0.717) is 37.9 Å². The summed E-state index contributed by atoms with van der Waals surface area (Å²) in [4.78, 5) is 27.5. The van der Waals surface area contributed by atoms with Gasteiger partial charge < -0.3 is 15.2 Å². The maximum atomic E-state index is 12.9. The topological polar surface area (TPSA) is 78.9 Å². The van der Waals surface area contributed by atoms with E-state index in [1.807, 2.05) is 36.4 Å². The van der Waals surface area contributed by atoms with Gasteiger partial charge in [0.25, 0.3) is 5.91 Å². The predicted molar refractivity (Wildman–Crippen MR) is 127 cm³/mol. The normalized spacial score (nSPS) is 27.2. The summed E-state index contributed by atoms with van der Waals surface area (Å²) in [6.45, 7) is 7.45. The molecule has 6 heteroatoms. The van der Waals surface area contributed by atoms with Gasteiger partial charge in [0.05, 0.1) is 0 Å². The molecule has 33 heavy (non-hydrogen) atoms. The summed E-state index contributed by atoms with van der Waals surface area (Å²) < 4.78 is 6.19. The summed E-state index contributed by atoms with van der Waals surface area (Å²) in [6.07, 6.45) is 4.57. The molecule has 1 saturated carbocycles. The first-order valence-corrected chi connectivity index (χ1v) is 11.6. The first-order chi connectivity index (χ1) is 15.9. The highest BCUT2D eigenvalue weighted by Crippen LogP contribution is 2.54. The van der Waals surface area contributed by atoms with Gasteiger partial charge in [-0.05, 0) is 62.1 Å². The van der Waals surface area contributed by atoms with Crippen molar-refractivity contribution in [1.29, 1.82) is 0 Å². The summed E-state index contributed by atoms with van der Waals surface area (Å²) in [5.41, 5.74) is 0.297. The molecule has 2 unspecified atom stereocenters. The number of phenolic OH excluding ortho intramolecular Hbond substituents is 1. The third kappa shape index (κ3) is 4.53. The molecule has 0 aromatic heterocycles. The number of amides is 1. The highest BCUT2D eigenvalue weighted by atomic mass is 16.6. The quantitative estimate of drug-likeness (QED) is 0.519. The number of benzene rings is 2. The molecule has 2 N–H and O–H groups in total. The molecule has 0 spiro atoms. The van der Waals surface area contributed by atoms with Gasteiger partial charge in [-0.25, -0.2) is 0 Å². The van der Waals surface area contributed by atoms with E-state index in [1.165, 1.54) is 6.92 Å². The SMILES string of the molecule is C=CCN1CCC2(c3cccc(O)c3)C[C@@H](NC(=O)c3ccccc3)CCC2(OC(C)=O)C1. The zero-order chi connectivity index (χ0) is 23.5. The molecule has 1 aliphatic carbocycles. The summed E-state index contributed by atoms with van der Waals surface area (Å²) in [5.74, 6) is -0.231. The second kappa shape index (κ2) is 9.40. The second-order valence-corrected chi connectivity index (χ2v) is 9.27. The Kier molecular flexibility index (Phi) is 6.56. The highest BCUT2D eigenvalue weighted by Gasteiger charge is 2.60. The summed E-state index contributed by atoms with van der Waals surface area (Å²) in [7, 11) is 0. The van der Waals surface area contributed by atoms with Crippen molar-refractivity contribution in [3.05, 3.63) is 78.4 Å². The number of ether oxygens (including phenoxy) is 1. The lowest BCUT2D eigenvalue weighted by Crippen LogP contribution is -2.68. The van der Waals surface area contributed by atoms with Crippen molar-refractivity contribution >= 4 is 11.9 Å². The molecule has 2 aliphatic rings. The number of esters is 1. The molecular weight excluding hydrogens is 416 g/mol. The summed E-state index contributed by atoms with van der Waals surface area (Å²) >= 11 is 0. The van der Waals surface area contributed by atoms with E-state index < -0.39 is 11.0 Å². The van der Waals surface area contributed by atoms with Crippen molar-refractivity contribution in [2.45, 2.75) is 49.7 Å². The monoisotopic (exact) mass is 448 g/mol. The zero-order valence-electron chi connectivity index (χ0n) is 19.1. The third-order valence-corrected chi connectivity index (χ3v) is 7.19. The number of nitrogens with zero attached hydrogens (tertiary/aromatic N) is 1. The Labute approximate surface area is 195 Å². The minimum Gasteiger partial charge on any atom is -0.508 e. The van der Waals surface area contributed by atoms with Gasteiger partial charge in [-0.1, -0.05) is 36.4 Å². The lowest BCUT2D eigenvalue weighted by atomic mass is 9.55. The molecular formula is C27H32N2O4. The Balaban J connectivity index is 1.72. The molecule has 2 aromatic rings. The van der Waals surface area contributed by atoms with Gasteiger partial charge in [-0.2, -0.15) is 0 Å². The van der Waals surface area contributed by atoms with Crippen molar-refractivity contribution in [2.24, 2.45) is 0 Å². The second-order valence-electron chi connectivity index (χ2n) is 9.27. The molecule has 1 amide bonds. The van der Waals surface area contributed by atoms with Gasteiger partial charge in [0, 0.05) is 37.0 Å². The number of carbonyl (C=O) groups excluding carboxylic acids is 2. The van der Waals surface area contributed by atoms with Crippen LogP contribution >= 0.6 is 0 Å². The number of likely N-dealkylation sites (tertiary alicyclic amines) is 1. The van der Waals surface area contributed by atoms with E-state index in [9.17, 15) is 14.7 Å². The molecule has 4 rings (SSSR count). The van der Waals surface area contributed by atoms with Crippen LogP contribution in [0.4, 0.5) is 0 Å². The summed E-state index contributed by atoms with van der Waals surface area (Å²) in [5, 5.41) is 13.5. The fourth-order valence-electron chi connectivity index (χ4n) is 5.81. The van der Waals surface area contributed by atoms with E-state index in [-0.39, 0.29) is 23.7 Å². The number of hydrogen-bond acceptors (Lipinski definition) is 5. The Hall–Kier alpha value is -3.12. The van der Waals surface area contributed by atoms with Crippen LogP contribution in [0.3, 0.4) is 0 Å². The molecule has 1 aliphatic heterocycles. The van der Waals surface area contributed by atoms with Gasteiger partial charge in [-0.15, -0.1) is 6.58 Å². The Morgan fingerprint density at radius 3 is 2.70 bits per heavy atom. The van der Waals surface area contributed by atoms with Crippen molar-refractivity contribution in [3.63, 3.8) is 0 Å². The van der Waals surface area contributed by atoms with Crippen LogP contribution in [0.1, 0.15) is 48.5 Å². The van der Waals surface area contributed by atoms with Gasteiger partial charge >= 0.3 is 5.97 Å². The van der Waals surface area contributed by atoms with Gasteiger partial charge in [0.15, 0.2) is 0 Å². The fraction of sp³-hybridized carbons (Fsp3) is 0.407. The molecule has 174 valence electrons. The predicted octanol–water partition coefficient (Wildman–Crippen LogP) is 3.81. The van der Waals surface area contributed by atoms with Gasteiger partial charge in [-0.3, -0.25) is 14.5 Å². The maximum Gasteiger partial charge on any atom is 0.303 e. The van der Waals surface area contributed by atoms with Crippen molar-refractivity contribution < 1.29 is 19.4 Å². The van der Waals surface area contributed by atoms with E-state index in [1.54, 1.807) is 24.3 Å². The number of aromatic hydroxyl groups is 1. The first kappa shape index (κ1) is 23.1. The van der Waals surface area contributed by atoms with Crippen molar-refractivity contribution in [1.82, 2.24) is 10.2 Å². The fourth-order valence-corrected chi connectivity index (χ4v) is 5.81. The lowest BCUT2D eigenvalue weighted by molar-refractivity contribution is -0.186. The minimum atomic E-state index is -0.748. The molecule has 2 fully saturated rings. The number of rotatable bonds is 6. The van der Waals surface area contributed by atoms with E-state index in [4.69, 9.17) is 4.74 Å². The van der Waals surface area contributed by atoms with Crippen LogP contribution in [0.2, 0.25) is 0 Å². The number of phenols is 1. The standard InChI is InChI=1S/C27H32N2O4/c1-3-15-29-16-14-26(22-10-7-11-24(31)17-22)18-23(12-13-27(26,19-29)33-20(2)30)28-25(32)21-8-5-4-6-9-21/h3-11,17,23,31H,1,12-16,18-19H2,2H3,(H,28,32)/t23-,26?,27?/m0/s1. The van der Waals surface area contributed by atoms with E-state index >= 15 is 0 Å². The molecule has 1 saturated heterocycles. The van der Waals surface area contributed by atoms with Crippen molar-refractivity contribution in [3.8, 4) is 5.75 Å². The first-order valence-electron chi connectivity index (χ1n) is 11.6. The van der Waals surface area contributed by atoms with Crippen molar-refractivity contribution in [2.75, 3.05) is 19.6 Å².